The average Bonchev–Trinajstić information content (AvgIpc) is 3.30. The molecule has 1 N–H and O–H groups in total. The van der Waals surface area contributed by atoms with E-state index in [1.807, 2.05) is 36.4 Å². The number of nitrogens with one attached hydrogen (secondary N) is 1. The van der Waals surface area contributed by atoms with E-state index in [2.05, 4.69) is 42.4 Å². The van der Waals surface area contributed by atoms with Gasteiger partial charge in [-0.25, -0.2) is 5.43 Å². The van der Waals surface area contributed by atoms with Gasteiger partial charge in [-0.2, -0.15) is 5.10 Å². The highest BCUT2D eigenvalue weighted by molar-refractivity contribution is 9.11. The van der Waals surface area contributed by atoms with E-state index in [-0.39, 0.29) is 18.3 Å². The van der Waals surface area contributed by atoms with Crippen LogP contribution in [0.15, 0.2) is 67.1 Å². The Morgan fingerprint density at radius 2 is 2.03 bits per heavy atom. The zero-order valence-electron chi connectivity index (χ0n) is 15.7. The van der Waals surface area contributed by atoms with Gasteiger partial charge in [0.2, 0.25) is 0 Å². The van der Waals surface area contributed by atoms with Gasteiger partial charge in [0, 0.05) is 32.5 Å². The van der Waals surface area contributed by atoms with Crippen LogP contribution < -0.4 is 5.43 Å². The third-order valence-corrected chi connectivity index (χ3v) is 5.52. The van der Waals surface area contributed by atoms with Crippen LogP contribution in [-0.2, 0) is 16.1 Å². The molecule has 2 aromatic heterocycles. The monoisotopic (exact) mass is 531 g/mol. The minimum Gasteiger partial charge on any atom is -0.468 e. The van der Waals surface area contributed by atoms with E-state index < -0.39 is 5.91 Å². The highest BCUT2D eigenvalue weighted by Crippen LogP contribution is 2.31. The van der Waals surface area contributed by atoms with Crippen molar-refractivity contribution in [2.45, 2.75) is 6.54 Å². The first-order chi connectivity index (χ1) is 14.5. The number of esters is 1. The van der Waals surface area contributed by atoms with E-state index in [1.54, 1.807) is 16.8 Å². The lowest BCUT2D eigenvalue weighted by molar-refractivity contribution is -0.141. The van der Waals surface area contributed by atoms with Crippen molar-refractivity contribution >= 4 is 71.8 Å². The van der Waals surface area contributed by atoms with Crippen LogP contribution in [0.1, 0.15) is 16.1 Å². The van der Waals surface area contributed by atoms with Crippen LogP contribution in [0.4, 0.5) is 0 Å². The first-order valence-corrected chi connectivity index (χ1v) is 10.4. The number of carbonyl (C=O) groups excluding carboxylic acids is 2. The zero-order chi connectivity index (χ0) is 21.3. The molecule has 2 heterocycles. The number of nitrogens with zero attached hydrogens (tertiary/aromatic N) is 2. The molecule has 0 spiro atoms. The van der Waals surface area contributed by atoms with Crippen molar-refractivity contribution in [1.29, 1.82) is 0 Å². The molecule has 0 fully saturated rings. The largest absolute Gasteiger partial charge is 0.468 e. The summed E-state index contributed by atoms with van der Waals surface area (Å²) in [5.74, 6) is -0.673. The Labute approximate surface area is 187 Å². The maximum Gasteiger partial charge on any atom is 0.325 e. The number of hydrogen-bond donors (Lipinski definition) is 1. The van der Waals surface area contributed by atoms with E-state index in [4.69, 9.17) is 9.15 Å². The summed E-state index contributed by atoms with van der Waals surface area (Å²) in [6.45, 7) is 0.0840. The Balaban J connectivity index is 1.56. The predicted octanol–water partition coefficient (Wildman–Crippen LogP) is 4.85. The number of hydrogen-bond acceptors (Lipinski definition) is 5. The Kier molecular flexibility index (Phi) is 5.74. The summed E-state index contributed by atoms with van der Waals surface area (Å²) in [5, 5.41) is 5.74. The molecule has 0 saturated heterocycles. The van der Waals surface area contributed by atoms with Crippen molar-refractivity contribution in [2.24, 2.45) is 5.10 Å². The van der Waals surface area contributed by atoms with E-state index in [0.717, 1.165) is 30.8 Å². The standard InChI is InChI=1S/C21H15Br2N3O4/c1-29-19(27)11-26-10-13(15-4-2-3-5-17(15)26)9-24-25-21(28)18-7-12-6-14(22)8-16(23)20(12)30-18/h2-10H,11H2,1H3,(H,25,28)/b24-9-. The molecule has 0 unspecified atom stereocenters. The number of benzene rings is 2. The molecule has 30 heavy (non-hydrogen) atoms. The topological polar surface area (TPSA) is 85.8 Å². The van der Waals surface area contributed by atoms with Crippen LogP contribution in [-0.4, -0.2) is 29.8 Å². The van der Waals surface area contributed by atoms with Gasteiger partial charge in [0.05, 0.1) is 17.8 Å². The molecule has 0 bridgehead atoms. The lowest BCUT2D eigenvalue weighted by Gasteiger charge is -2.02. The number of para-hydroxylation sites is 1. The molecule has 9 heteroatoms. The van der Waals surface area contributed by atoms with Crippen molar-refractivity contribution in [3.05, 3.63) is 68.9 Å². The number of ether oxygens (including phenoxy) is 1. The molecule has 152 valence electrons. The van der Waals surface area contributed by atoms with Crippen LogP contribution in [0.5, 0.6) is 0 Å². The van der Waals surface area contributed by atoms with Gasteiger partial charge < -0.3 is 13.7 Å². The molecule has 1 amide bonds. The molecular weight excluding hydrogens is 518 g/mol. The van der Waals surface area contributed by atoms with Gasteiger partial charge >= 0.3 is 11.9 Å². The summed E-state index contributed by atoms with van der Waals surface area (Å²) in [5.41, 5.74) is 4.68. The molecule has 7 nitrogen and oxygen atoms in total. The Bertz CT molecular complexity index is 1310. The highest BCUT2D eigenvalue weighted by Gasteiger charge is 2.14. The van der Waals surface area contributed by atoms with Gasteiger partial charge in [0.25, 0.3) is 0 Å². The van der Waals surface area contributed by atoms with Gasteiger partial charge in [-0.3, -0.25) is 9.59 Å². The van der Waals surface area contributed by atoms with Crippen LogP contribution in [0.2, 0.25) is 0 Å². The van der Waals surface area contributed by atoms with Crippen LogP contribution in [0.3, 0.4) is 0 Å². The molecular formula is C21H15Br2N3O4. The SMILES string of the molecule is COC(=O)Cn1cc(/C=N\NC(=O)c2cc3cc(Br)cc(Br)c3o2)c2ccccc21. The van der Waals surface area contributed by atoms with E-state index in [0.29, 0.717) is 5.58 Å². The van der Waals surface area contributed by atoms with Crippen LogP contribution in [0, 0.1) is 0 Å². The number of carbonyl (C=O) groups is 2. The number of rotatable bonds is 5. The molecule has 0 radical (unpaired) electrons. The number of hydrazone groups is 1. The first kappa shape index (κ1) is 20.4. The van der Waals surface area contributed by atoms with Gasteiger partial charge in [-0.1, -0.05) is 34.1 Å². The van der Waals surface area contributed by atoms with Crippen molar-refractivity contribution in [3.63, 3.8) is 0 Å². The van der Waals surface area contributed by atoms with E-state index in [1.165, 1.54) is 13.3 Å². The third kappa shape index (κ3) is 4.03. The maximum absolute atomic E-state index is 12.4. The van der Waals surface area contributed by atoms with E-state index in [9.17, 15) is 9.59 Å². The van der Waals surface area contributed by atoms with Crippen molar-refractivity contribution in [2.75, 3.05) is 7.11 Å². The normalized spacial score (nSPS) is 11.4. The lowest BCUT2D eigenvalue weighted by atomic mass is 10.2. The van der Waals surface area contributed by atoms with Gasteiger partial charge in [0.15, 0.2) is 5.76 Å². The van der Waals surface area contributed by atoms with Crippen LogP contribution in [0.25, 0.3) is 21.9 Å². The minimum atomic E-state index is -0.469. The summed E-state index contributed by atoms with van der Waals surface area (Å²) in [4.78, 5) is 24.1. The molecule has 2 aromatic carbocycles. The van der Waals surface area contributed by atoms with Crippen molar-refractivity contribution in [1.82, 2.24) is 9.99 Å². The molecule has 0 atom stereocenters. The Morgan fingerprint density at radius 3 is 2.83 bits per heavy atom. The second-order valence-corrected chi connectivity index (χ2v) is 8.19. The smallest absolute Gasteiger partial charge is 0.325 e. The second kappa shape index (κ2) is 8.45. The fraction of sp³-hybridized carbons (Fsp3) is 0.0952. The molecule has 0 aliphatic carbocycles. The zero-order valence-corrected chi connectivity index (χ0v) is 18.9. The minimum absolute atomic E-state index is 0.0840. The molecule has 4 aromatic rings. The maximum atomic E-state index is 12.4. The number of halogens is 2. The second-order valence-electron chi connectivity index (χ2n) is 6.42. The highest BCUT2D eigenvalue weighted by atomic mass is 79.9. The van der Waals surface area contributed by atoms with Gasteiger partial charge in [0.1, 0.15) is 12.1 Å². The van der Waals surface area contributed by atoms with Gasteiger partial charge in [-0.15, -0.1) is 0 Å². The fourth-order valence-corrected chi connectivity index (χ4v) is 4.45. The number of methoxy groups -OCH3 is 1. The van der Waals surface area contributed by atoms with Crippen molar-refractivity contribution in [3.8, 4) is 0 Å². The lowest BCUT2D eigenvalue weighted by Crippen LogP contribution is -2.16. The van der Waals surface area contributed by atoms with E-state index >= 15 is 0 Å². The Hall–Kier alpha value is -2.91. The quantitative estimate of drug-likeness (QED) is 0.226. The number of fused-ring (bicyclic) bond motifs is 2. The summed E-state index contributed by atoms with van der Waals surface area (Å²) < 4.78 is 13.8. The molecule has 4 rings (SSSR count). The average molecular weight is 533 g/mol. The third-order valence-electron chi connectivity index (χ3n) is 4.48. The summed E-state index contributed by atoms with van der Waals surface area (Å²) in [6.07, 6.45) is 3.32. The predicted molar refractivity (Wildman–Crippen MR) is 121 cm³/mol. The number of furan rings is 1. The molecule has 0 saturated carbocycles. The van der Waals surface area contributed by atoms with Gasteiger partial charge in [-0.05, 0) is 40.2 Å². The summed E-state index contributed by atoms with van der Waals surface area (Å²) >= 11 is 6.83. The van der Waals surface area contributed by atoms with Crippen LogP contribution >= 0.6 is 31.9 Å². The molecule has 0 aliphatic heterocycles. The van der Waals surface area contributed by atoms with Crippen molar-refractivity contribution < 1.29 is 18.7 Å². The molecule has 0 aliphatic rings. The Morgan fingerprint density at radius 1 is 1.23 bits per heavy atom. The summed E-state index contributed by atoms with van der Waals surface area (Å²) in [7, 11) is 1.35. The first-order valence-electron chi connectivity index (χ1n) is 8.83. The summed E-state index contributed by atoms with van der Waals surface area (Å²) in [6, 6.07) is 13.0. The fourth-order valence-electron chi connectivity index (χ4n) is 3.12. The number of aromatic nitrogens is 1. The number of amides is 1.